The van der Waals surface area contributed by atoms with Crippen molar-refractivity contribution < 1.29 is 0 Å². The molecule has 0 unspecified atom stereocenters. The highest BCUT2D eigenvalue weighted by Crippen LogP contribution is 2.39. The summed E-state index contributed by atoms with van der Waals surface area (Å²) in [7, 11) is 2.15. The van der Waals surface area contributed by atoms with Gasteiger partial charge < -0.3 is 0 Å². The predicted molar refractivity (Wildman–Crippen MR) is 38.3 cm³/mol. The van der Waals surface area contributed by atoms with Gasteiger partial charge in [0.1, 0.15) is 0 Å². The molecule has 0 spiro atoms. The monoisotopic (exact) mass is 136 g/mol. The minimum atomic E-state index is 0.337. The van der Waals surface area contributed by atoms with Gasteiger partial charge in [0.2, 0.25) is 0 Å². The van der Waals surface area contributed by atoms with E-state index in [0.717, 1.165) is 12.5 Å². The Labute approximate surface area is 61.4 Å². The molecule has 0 N–H and O–H groups in total. The van der Waals surface area contributed by atoms with Crippen molar-refractivity contribution in [3.8, 4) is 6.07 Å². The van der Waals surface area contributed by atoms with Crippen LogP contribution >= 0.6 is 0 Å². The van der Waals surface area contributed by atoms with E-state index in [-0.39, 0.29) is 0 Å². The average molecular weight is 136 g/mol. The lowest BCUT2D eigenvalue weighted by Crippen LogP contribution is -2.25. The van der Waals surface area contributed by atoms with E-state index in [1.54, 1.807) is 0 Å². The van der Waals surface area contributed by atoms with Crippen LogP contribution in [0.25, 0.3) is 0 Å². The third-order valence-electron chi connectivity index (χ3n) is 3.05. The van der Waals surface area contributed by atoms with Crippen molar-refractivity contribution in [1.82, 2.24) is 4.90 Å². The normalized spacial score (nSPS) is 45.8. The molecule has 2 aliphatic rings. The van der Waals surface area contributed by atoms with Crippen LogP contribution in [-0.2, 0) is 0 Å². The number of hydrogen-bond donors (Lipinski definition) is 0. The second kappa shape index (κ2) is 1.96. The molecule has 0 amide bonds. The molecule has 0 aromatic carbocycles. The largest absolute Gasteiger partial charge is 0.299 e. The molecule has 54 valence electrons. The standard InChI is InChI=1S/C8H12N2/c1-10-7-2-3-8(10)6(4-7)5-9/h6-8H,2-4H2,1H3/t6-,7-,8+/m1/s1. The summed E-state index contributed by atoms with van der Waals surface area (Å²) in [6, 6.07) is 3.71. The minimum absolute atomic E-state index is 0.337. The molecule has 10 heavy (non-hydrogen) atoms. The third kappa shape index (κ3) is 0.615. The van der Waals surface area contributed by atoms with Gasteiger partial charge in [-0.1, -0.05) is 0 Å². The molecule has 0 radical (unpaired) electrons. The zero-order valence-electron chi connectivity index (χ0n) is 6.25. The first-order valence-electron chi connectivity index (χ1n) is 3.94. The summed E-state index contributed by atoms with van der Waals surface area (Å²) in [5.74, 6) is 0.337. The maximum Gasteiger partial charge on any atom is 0.0672 e. The Morgan fingerprint density at radius 2 is 2.30 bits per heavy atom. The van der Waals surface area contributed by atoms with Gasteiger partial charge in [0.15, 0.2) is 0 Å². The van der Waals surface area contributed by atoms with Crippen LogP contribution in [0.3, 0.4) is 0 Å². The highest BCUT2D eigenvalue weighted by Gasteiger charge is 2.43. The molecule has 2 bridgehead atoms. The number of fused-ring (bicyclic) bond motifs is 2. The number of rotatable bonds is 0. The molecular formula is C8H12N2. The van der Waals surface area contributed by atoms with Gasteiger partial charge in [-0.2, -0.15) is 5.26 Å². The van der Waals surface area contributed by atoms with Gasteiger partial charge in [-0.3, -0.25) is 4.90 Å². The first kappa shape index (κ1) is 6.18. The van der Waals surface area contributed by atoms with Crippen LogP contribution in [0.5, 0.6) is 0 Å². The van der Waals surface area contributed by atoms with E-state index in [0.29, 0.717) is 12.0 Å². The first-order chi connectivity index (χ1) is 4.83. The van der Waals surface area contributed by atoms with Crippen molar-refractivity contribution in [3.05, 3.63) is 0 Å². The minimum Gasteiger partial charge on any atom is -0.299 e. The highest BCUT2D eigenvalue weighted by molar-refractivity contribution is 5.06. The smallest absolute Gasteiger partial charge is 0.0672 e. The summed E-state index contributed by atoms with van der Waals surface area (Å²) in [6.45, 7) is 0. The molecule has 0 aromatic heterocycles. The molecule has 2 heterocycles. The Hall–Kier alpha value is -0.550. The zero-order chi connectivity index (χ0) is 7.14. The molecule has 2 nitrogen and oxygen atoms in total. The van der Waals surface area contributed by atoms with E-state index in [9.17, 15) is 0 Å². The highest BCUT2D eigenvalue weighted by atomic mass is 15.2. The Bertz CT molecular complexity index is 182. The fourth-order valence-electron chi connectivity index (χ4n) is 2.40. The molecular weight excluding hydrogens is 124 g/mol. The van der Waals surface area contributed by atoms with Crippen LogP contribution in [0.2, 0.25) is 0 Å². The summed E-state index contributed by atoms with van der Waals surface area (Å²) >= 11 is 0. The number of nitriles is 1. The van der Waals surface area contributed by atoms with Crippen LogP contribution < -0.4 is 0 Å². The molecule has 2 heteroatoms. The summed E-state index contributed by atoms with van der Waals surface area (Å²) in [6.07, 6.45) is 3.69. The van der Waals surface area contributed by atoms with E-state index in [2.05, 4.69) is 18.0 Å². The molecule has 0 aliphatic carbocycles. The van der Waals surface area contributed by atoms with Gasteiger partial charge in [-0.15, -0.1) is 0 Å². The Morgan fingerprint density at radius 1 is 1.50 bits per heavy atom. The molecule has 3 atom stereocenters. The maximum absolute atomic E-state index is 8.73. The summed E-state index contributed by atoms with van der Waals surface area (Å²) in [5.41, 5.74) is 0. The van der Waals surface area contributed by atoms with Gasteiger partial charge in [-0.05, 0) is 26.3 Å². The van der Waals surface area contributed by atoms with E-state index in [1.807, 2.05) is 0 Å². The summed E-state index contributed by atoms with van der Waals surface area (Å²) in [4.78, 5) is 2.38. The van der Waals surface area contributed by atoms with Gasteiger partial charge in [0.25, 0.3) is 0 Å². The SMILES string of the molecule is CN1[C@@H]2CC[C@H]1[C@@H](C#N)C2. The van der Waals surface area contributed by atoms with Crippen LogP contribution in [0, 0.1) is 17.2 Å². The molecule has 0 saturated carbocycles. The molecule has 0 aromatic rings. The van der Waals surface area contributed by atoms with E-state index >= 15 is 0 Å². The number of hydrogen-bond acceptors (Lipinski definition) is 2. The van der Waals surface area contributed by atoms with E-state index in [1.165, 1.54) is 12.8 Å². The topological polar surface area (TPSA) is 27.0 Å². The van der Waals surface area contributed by atoms with Crippen LogP contribution in [0.15, 0.2) is 0 Å². The molecule has 2 saturated heterocycles. The van der Waals surface area contributed by atoms with Gasteiger partial charge in [-0.25, -0.2) is 0 Å². The predicted octanol–water partition coefficient (Wildman–Crippen LogP) is 0.993. The molecule has 2 fully saturated rings. The van der Waals surface area contributed by atoms with Crippen LogP contribution in [-0.4, -0.2) is 24.0 Å². The van der Waals surface area contributed by atoms with Crippen molar-refractivity contribution in [2.75, 3.05) is 7.05 Å². The van der Waals surface area contributed by atoms with Crippen LogP contribution in [0.4, 0.5) is 0 Å². The van der Waals surface area contributed by atoms with Crippen molar-refractivity contribution in [2.45, 2.75) is 31.3 Å². The summed E-state index contributed by atoms with van der Waals surface area (Å²) < 4.78 is 0. The fourth-order valence-corrected chi connectivity index (χ4v) is 2.40. The number of nitrogens with zero attached hydrogens (tertiary/aromatic N) is 2. The van der Waals surface area contributed by atoms with Crippen molar-refractivity contribution in [1.29, 1.82) is 5.26 Å². The average Bonchev–Trinajstić information content (AvgIpc) is 2.46. The van der Waals surface area contributed by atoms with Crippen molar-refractivity contribution >= 4 is 0 Å². The molecule has 2 rings (SSSR count). The lowest BCUT2D eigenvalue weighted by Gasteiger charge is -2.14. The lowest BCUT2D eigenvalue weighted by molar-refractivity contribution is 0.304. The van der Waals surface area contributed by atoms with E-state index < -0.39 is 0 Å². The van der Waals surface area contributed by atoms with Crippen molar-refractivity contribution in [2.24, 2.45) is 5.92 Å². The third-order valence-corrected chi connectivity index (χ3v) is 3.05. The zero-order valence-corrected chi connectivity index (χ0v) is 6.25. The second-order valence-electron chi connectivity index (χ2n) is 3.44. The fraction of sp³-hybridized carbons (Fsp3) is 0.875. The quantitative estimate of drug-likeness (QED) is 0.496. The van der Waals surface area contributed by atoms with Gasteiger partial charge >= 0.3 is 0 Å². The lowest BCUT2D eigenvalue weighted by atomic mass is 9.91. The summed E-state index contributed by atoms with van der Waals surface area (Å²) in [5, 5.41) is 8.73. The van der Waals surface area contributed by atoms with Gasteiger partial charge in [0, 0.05) is 12.1 Å². The second-order valence-corrected chi connectivity index (χ2v) is 3.44. The van der Waals surface area contributed by atoms with Gasteiger partial charge in [0.05, 0.1) is 12.0 Å². The van der Waals surface area contributed by atoms with Crippen LogP contribution in [0.1, 0.15) is 19.3 Å². The molecule has 2 aliphatic heterocycles. The Balaban J connectivity index is 2.17. The Kier molecular flexibility index (Phi) is 1.21. The Morgan fingerprint density at radius 3 is 2.60 bits per heavy atom. The van der Waals surface area contributed by atoms with E-state index in [4.69, 9.17) is 5.26 Å². The maximum atomic E-state index is 8.73. The first-order valence-corrected chi connectivity index (χ1v) is 3.94. The van der Waals surface area contributed by atoms with Crippen molar-refractivity contribution in [3.63, 3.8) is 0 Å².